The summed E-state index contributed by atoms with van der Waals surface area (Å²) in [5.41, 5.74) is 0.878. The zero-order valence-electron chi connectivity index (χ0n) is 16.9. The van der Waals surface area contributed by atoms with Crippen molar-refractivity contribution in [2.45, 2.75) is 19.4 Å². The number of imide groups is 1. The van der Waals surface area contributed by atoms with Crippen LogP contribution in [0.25, 0.3) is 0 Å². The van der Waals surface area contributed by atoms with Gasteiger partial charge in [0.2, 0.25) is 0 Å². The number of hydroxylamine groups is 2. The molecule has 0 unspecified atom stereocenters. The lowest BCUT2D eigenvalue weighted by molar-refractivity contribution is -0.172. The number of hydrogen-bond acceptors (Lipinski definition) is 8. The normalized spacial score (nSPS) is 13.3. The van der Waals surface area contributed by atoms with E-state index in [1.54, 1.807) is 0 Å². The van der Waals surface area contributed by atoms with Gasteiger partial charge in [-0.25, -0.2) is 9.59 Å². The van der Waals surface area contributed by atoms with Crippen LogP contribution >= 0.6 is 0 Å². The maximum atomic E-state index is 12.2. The van der Waals surface area contributed by atoms with E-state index in [1.807, 2.05) is 30.3 Å². The number of amides is 2. The standard InChI is InChI=1S/C23H19NO8/c25-14-18-13-17(23(29)32-24-20(26)10-11-21(24)27)8-9-19(18)30-12-4-7-22(28)31-15-16-5-2-1-3-6-16/h1-9,13-14H,10-12,15H2/b7-4+. The smallest absolute Gasteiger partial charge is 0.363 e. The van der Waals surface area contributed by atoms with E-state index in [1.165, 1.54) is 30.4 Å². The van der Waals surface area contributed by atoms with Crippen LogP contribution in [0.5, 0.6) is 5.75 Å². The van der Waals surface area contributed by atoms with Gasteiger partial charge in [-0.3, -0.25) is 14.4 Å². The molecule has 0 spiro atoms. The van der Waals surface area contributed by atoms with Crippen molar-refractivity contribution in [3.05, 3.63) is 77.4 Å². The maximum Gasteiger partial charge on any atom is 0.363 e. The summed E-state index contributed by atoms with van der Waals surface area (Å²) in [6.07, 6.45) is 3.07. The lowest BCUT2D eigenvalue weighted by Crippen LogP contribution is -2.32. The molecule has 9 heteroatoms. The summed E-state index contributed by atoms with van der Waals surface area (Å²) in [6.45, 7) is 0.119. The Morgan fingerprint density at radius 1 is 1.00 bits per heavy atom. The molecule has 0 N–H and O–H groups in total. The van der Waals surface area contributed by atoms with E-state index in [2.05, 4.69) is 0 Å². The van der Waals surface area contributed by atoms with E-state index in [9.17, 15) is 24.0 Å². The van der Waals surface area contributed by atoms with E-state index in [4.69, 9.17) is 14.3 Å². The molecule has 1 aliphatic rings. The number of carbonyl (C=O) groups excluding carboxylic acids is 5. The Morgan fingerprint density at radius 3 is 2.41 bits per heavy atom. The molecule has 2 amide bonds. The minimum Gasteiger partial charge on any atom is -0.489 e. The highest BCUT2D eigenvalue weighted by Crippen LogP contribution is 2.20. The molecule has 0 atom stereocenters. The van der Waals surface area contributed by atoms with Crippen molar-refractivity contribution in [2.24, 2.45) is 0 Å². The molecule has 9 nitrogen and oxygen atoms in total. The van der Waals surface area contributed by atoms with Crippen molar-refractivity contribution in [2.75, 3.05) is 6.61 Å². The van der Waals surface area contributed by atoms with E-state index in [0.29, 0.717) is 11.3 Å². The minimum atomic E-state index is -0.954. The first-order valence-corrected chi connectivity index (χ1v) is 9.65. The van der Waals surface area contributed by atoms with Crippen molar-refractivity contribution >= 4 is 30.0 Å². The molecule has 0 bridgehead atoms. The van der Waals surface area contributed by atoms with Crippen LogP contribution in [0.4, 0.5) is 0 Å². The van der Waals surface area contributed by atoms with E-state index in [-0.39, 0.29) is 42.9 Å². The second kappa shape index (κ2) is 10.7. The Bertz CT molecular complexity index is 1040. The molecule has 164 valence electrons. The molecule has 1 aliphatic heterocycles. The van der Waals surface area contributed by atoms with Gasteiger partial charge in [-0.15, -0.1) is 5.06 Å². The Balaban J connectivity index is 1.52. The van der Waals surface area contributed by atoms with Crippen molar-refractivity contribution in [1.82, 2.24) is 5.06 Å². The van der Waals surface area contributed by atoms with Crippen LogP contribution in [0.2, 0.25) is 0 Å². The zero-order valence-corrected chi connectivity index (χ0v) is 16.9. The van der Waals surface area contributed by atoms with Gasteiger partial charge in [0.1, 0.15) is 19.0 Å². The lowest BCUT2D eigenvalue weighted by atomic mass is 10.1. The fourth-order valence-electron chi connectivity index (χ4n) is 2.75. The molecule has 0 saturated carbocycles. The number of benzene rings is 2. The molecule has 32 heavy (non-hydrogen) atoms. The first-order valence-electron chi connectivity index (χ1n) is 9.65. The molecule has 1 fully saturated rings. The number of carbonyl (C=O) groups is 5. The Hall–Kier alpha value is -4.27. The molecule has 0 aliphatic carbocycles. The number of ether oxygens (including phenoxy) is 2. The highest BCUT2D eigenvalue weighted by molar-refractivity contribution is 6.03. The van der Waals surface area contributed by atoms with Gasteiger partial charge in [0.25, 0.3) is 11.8 Å². The summed E-state index contributed by atoms with van der Waals surface area (Å²) in [6, 6.07) is 13.1. The number of rotatable bonds is 9. The monoisotopic (exact) mass is 437 g/mol. The van der Waals surface area contributed by atoms with Gasteiger partial charge in [0.05, 0.1) is 11.1 Å². The van der Waals surface area contributed by atoms with E-state index in [0.717, 1.165) is 5.56 Å². The Labute approximate surface area is 183 Å². The van der Waals surface area contributed by atoms with Gasteiger partial charge in [-0.1, -0.05) is 30.3 Å². The molecule has 0 aromatic heterocycles. The summed E-state index contributed by atoms with van der Waals surface area (Å²) in [5.74, 6) is -2.53. The van der Waals surface area contributed by atoms with Crippen molar-refractivity contribution in [1.29, 1.82) is 0 Å². The first-order chi connectivity index (χ1) is 15.5. The Kier molecular flexibility index (Phi) is 7.47. The van der Waals surface area contributed by atoms with Crippen LogP contribution in [0.15, 0.2) is 60.7 Å². The quantitative estimate of drug-likeness (QED) is 0.254. The summed E-state index contributed by atoms with van der Waals surface area (Å²) < 4.78 is 10.5. The van der Waals surface area contributed by atoms with Crippen LogP contribution in [-0.2, 0) is 30.6 Å². The second-order valence-electron chi connectivity index (χ2n) is 6.64. The van der Waals surface area contributed by atoms with Crippen LogP contribution in [-0.4, -0.2) is 41.7 Å². The van der Waals surface area contributed by atoms with Gasteiger partial charge < -0.3 is 14.3 Å². The third-order valence-corrected chi connectivity index (χ3v) is 4.37. The summed E-state index contributed by atoms with van der Waals surface area (Å²) in [7, 11) is 0. The molecular formula is C23H19NO8. The zero-order chi connectivity index (χ0) is 22.9. The number of hydrogen-bond donors (Lipinski definition) is 0. The van der Waals surface area contributed by atoms with Gasteiger partial charge in [-0.05, 0) is 29.8 Å². The summed E-state index contributed by atoms with van der Waals surface area (Å²) in [4.78, 5) is 63.2. The third-order valence-electron chi connectivity index (χ3n) is 4.37. The largest absolute Gasteiger partial charge is 0.489 e. The number of aldehydes is 1. The van der Waals surface area contributed by atoms with Crippen molar-refractivity contribution in [3.63, 3.8) is 0 Å². The molecular weight excluding hydrogens is 418 g/mol. The molecule has 2 aromatic rings. The van der Waals surface area contributed by atoms with E-state index < -0.39 is 23.8 Å². The number of esters is 1. The van der Waals surface area contributed by atoms with Gasteiger partial charge >= 0.3 is 11.9 Å². The Morgan fingerprint density at radius 2 is 1.72 bits per heavy atom. The SMILES string of the molecule is O=Cc1cc(C(=O)ON2C(=O)CCC2=O)ccc1OC/C=C/C(=O)OCc1ccccc1. The molecule has 2 aromatic carbocycles. The molecule has 0 radical (unpaired) electrons. The van der Waals surface area contributed by atoms with Crippen molar-refractivity contribution in [3.8, 4) is 5.75 Å². The average molecular weight is 437 g/mol. The van der Waals surface area contributed by atoms with E-state index >= 15 is 0 Å². The average Bonchev–Trinajstić information content (AvgIpc) is 3.13. The molecule has 1 saturated heterocycles. The topological polar surface area (TPSA) is 116 Å². The second-order valence-corrected chi connectivity index (χ2v) is 6.64. The molecule has 1 heterocycles. The minimum absolute atomic E-state index is 0.0220. The van der Waals surface area contributed by atoms with Crippen LogP contribution in [0.1, 0.15) is 39.1 Å². The van der Waals surface area contributed by atoms with Crippen LogP contribution in [0.3, 0.4) is 0 Å². The van der Waals surface area contributed by atoms with Gasteiger partial charge in [0, 0.05) is 18.9 Å². The highest BCUT2D eigenvalue weighted by atomic mass is 16.7. The van der Waals surface area contributed by atoms with Crippen LogP contribution in [0, 0.1) is 0 Å². The molecule has 3 rings (SSSR count). The van der Waals surface area contributed by atoms with Crippen molar-refractivity contribution < 1.29 is 38.3 Å². The van der Waals surface area contributed by atoms with Gasteiger partial charge in [-0.2, -0.15) is 0 Å². The predicted octanol–water partition coefficient (Wildman–Crippen LogP) is 2.40. The maximum absolute atomic E-state index is 12.2. The summed E-state index contributed by atoms with van der Waals surface area (Å²) in [5, 5.41) is 0.426. The lowest BCUT2D eigenvalue weighted by Gasteiger charge is -2.13. The first kappa shape index (κ1) is 22.4. The fourth-order valence-corrected chi connectivity index (χ4v) is 2.75. The van der Waals surface area contributed by atoms with Crippen LogP contribution < -0.4 is 4.74 Å². The summed E-state index contributed by atoms with van der Waals surface area (Å²) >= 11 is 0. The number of nitrogens with zero attached hydrogens (tertiary/aromatic N) is 1. The fraction of sp³-hybridized carbons (Fsp3) is 0.174. The predicted molar refractivity (Wildman–Crippen MR) is 109 cm³/mol. The highest BCUT2D eigenvalue weighted by Gasteiger charge is 2.33. The third kappa shape index (κ3) is 5.88. The van der Waals surface area contributed by atoms with Gasteiger partial charge in [0.15, 0.2) is 6.29 Å².